The van der Waals surface area contributed by atoms with Crippen LogP contribution in [0.1, 0.15) is 5.56 Å². The van der Waals surface area contributed by atoms with Crippen LogP contribution in [-0.4, -0.2) is 14.2 Å². The van der Waals surface area contributed by atoms with E-state index in [0.717, 1.165) is 22.4 Å². The minimum Gasteiger partial charge on any atom is -0.495 e. The van der Waals surface area contributed by atoms with Crippen LogP contribution in [0.5, 0.6) is 11.5 Å². The number of ether oxygens (including phenoxy) is 2. The molecule has 2 N–H and O–H groups in total. The average Bonchev–Trinajstić information content (AvgIpc) is 2.41. The molecule has 4 heteroatoms. The summed E-state index contributed by atoms with van der Waals surface area (Å²) in [6.45, 7) is 1.97. The molecular weight excluding hydrogens is 262 g/mol. The van der Waals surface area contributed by atoms with Gasteiger partial charge in [-0.05, 0) is 36.2 Å². The number of nitrogen functional groups attached to an aromatic ring is 1. The molecule has 2 aromatic carbocycles. The molecule has 0 saturated heterocycles. The van der Waals surface area contributed by atoms with E-state index in [1.807, 2.05) is 37.3 Å². The van der Waals surface area contributed by atoms with Crippen molar-refractivity contribution >= 4 is 17.3 Å². The van der Waals surface area contributed by atoms with Crippen LogP contribution in [0.15, 0.2) is 30.3 Å². The highest BCUT2D eigenvalue weighted by molar-refractivity contribution is 6.34. The van der Waals surface area contributed by atoms with Crippen molar-refractivity contribution in [2.45, 2.75) is 6.92 Å². The van der Waals surface area contributed by atoms with E-state index in [1.165, 1.54) is 0 Å². The lowest BCUT2D eigenvalue weighted by Crippen LogP contribution is -1.94. The third-order valence-corrected chi connectivity index (χ3v) is 3.43. The van der Waals surface area contributed by atoms with Gasteiger partial charge in [-0.1, -0.05) is 23.7 Å². The normalized spacial score (nSPS) is 10.3. The summed E-state index contributed by atoms with van der Waals surface area (Å²) in [6, 6.07) is 9.61. The van der Waals surface area contributed by atoms with E-state index in [0.29, 0.717) is 16.5 Å². The van der Waals surface area contributed by atoms with Crippen LogP contribution in [0.4, 0.5) is 5.69 Å². The predicted molar refractivity (Wildman–Crippen MR) is 79.1 cm³/mol. The summed E-state index contributed by atoms with van der Waals surface area (Å²) in [5, 5.41) is 0.460. The zero-order valence-electron chi connectivity index (χ0n) is 11.2. The molecule has 0 saturated carbocycles. The van der Waals surface area contributed by atoms with Gasteiger partial charge in [0.15, 0.2) is 0 Å². The Kier molecular flexibility index (Phi) is 3.86. The summed E-state index contributed by atoms with van der Waals surface area (Å²) in [5.74, 6) is 1.17. The Morgan fingerprint density at radius 2 is 1.79 bits per heavy atom. The van der Waals surface area contributed by atoms with Gasteiger partial charge < -0.3 is 15.2 Å². The Balaban J connectivity index is 2.61. The van der Waals surface area contributed by atoms with Crippen molar-refractivity contribution in [1.29, 1.82) is 0 Å². The fourth-order valence-corrected chi connectivity index (χ4v) is 2.25. The molecule has 0 fully saturated rings. The van der Waals surface area contributed by atoms with E-state index in [1.54, 1.807) is 14.2 Å². The van der Waals surface area contributed by atoms with Crippen LogP contribution in [0, 0.1) is 6.92 Å². The fraction of sp³-hybridized carbons (Fsp3) is 0.200. The second kappa shape index (κ2) is 5.41. The molecule has 2 rings (SSSR count). The lowest BCUT2D eigenvalue weighted by molar-refractivity contribution is 0.396. The molecule has 0 bridgehead atoms. The summed E-state index contributed by atoms with van der Waals surface area (Å²) < 4.78 is 10.6. The average molecular weight is 278 g/mol. The van der Waals surface area contributed by atoms with Crippen LogP contribution in [0.3, 0.4) is 0 Å². The Morgan fingerprint density at radius 3 is 2.37 bits per heavy atom. The van der Waals surface area contributed by atoms with Gasteiger partial charge in [-0.2, -0.15) is 0 Å². The molecule has 0 aliphatic heterocycles. The van der Waals surface area contributed by atoms with Gasteiger partial charge in [-0.3, -0.25) is 0 Å². The molecule has 0 aliphatic carbocycles. The second-order valence-corrected chi connectivity index (χ2v) is 4.61. The van der Waals surface area contributed by atoms with Crippen LogP contribution in [0.25, 0.3) is 11.1 Å². The maximum Gasteiger partial charge on any atom is 0.149 e. The molecule has 3 nitrogen and oxygen atoms in total. The number of anilines is 1. The highest BCUT2D eigenvalue weighted by Crippen LogP contribution is 2.42. The molecule has 0 spiro atoms. The number of aryl methyl sites for hydroxylation is 1. The third kappa shape index (κ3) is 2.47. The lowest BCUT2D eigenvalue weighted by atomic mass is 10.0. The number of halogens is 1. The monoisotopic (exact) mass is 277 g/mol. The number of rotatable bonds is 3. The first-order valence-electron chi connectivity index (χ1n) is 5.85. The van der Waals surface area contributed by atoms with Crippen molar-refractivity contribution in [2.75, 3.05) is 20.0 Å². The Hall–Kier alpha value is -1.87. The number of hydrogen-bond donors (Lipinski definition) is 1. The van der Waals surface area contributed by atoms with E-state index < -0.39 is 0 Å². The van der Waals surface area contributed by atoms with Crippen molar-refractivity contribution in [1.82, 2.24) is 0 Å². The van der Waals surface area contributed by atoms with Crippen molar-refractivity contribution in [2.24, 2.45) is 0 Å². The molecule has 19 heavy (non-hydrogen) atoms. The second-order valence-electron chi connectivity index (χ2n) is 4.23. The van der Waals surface area contributed by atoms with Gasteiger partial charge >= 0.3 is 0 Å². The number of nitrogens with two attached hydrogens (primary N) is 1. The highest BCUT2D eigenvalue weighted by atomic mass is 35.5. The minimum atomic E-state index is 0.460. The van der Waals surface area contributed by atoms with Gasteiger partial charge in [-0.25, -0.2) is 0 Å². The van der Waals surface area contributed by atoms with Gasteiger partial charge in [0.1, 0.15) is 16.5 Å². The zero-order valence-corrected chi connectivity index (χ0v) is 11.9. The van der Waals surface area contributed by atoms with E-state index >= 15 is 0 Å². The first-order chi connectivity index (χ1) is 9.08. The number of hydrogen-bond acceptors (Lipinski definition) is 3. The van der Waals surface area contributed by atoms with Gasteiger partial charge in [0.2, 0.25) is 0 Å². The molecule has 0 radical (unpaired) electrons. The molecule has 0 heterocycles. The number of benzene rings is 2. The first kappa shape index (κ1) is 13.6. The van der Waals surface area contributed by atoms with E-state index in [9.17, 15) is 0 Å². The predicted octanol–water partition coefficient (Wildman–Crippen LogP) is 3.91. The summed E-state index contributed by atoms with van der Waals surface area (Å²) >= 11 is 6.25. The summed E-state index contributed by atoms with van der Waals surface area (Å²) in [6.07, 6.45) is 0. The van der Waals surface area contributed by atoms with Crippen molar-refractivity contribution in [3.8, 4) is 22.6 Å². The van der Waals surface area contributed by atoms with E-state index in [4.69, 9.17) is 26.8 Å². The van der Waals surface area contributed by atoms with E-state index in [-0.39, 0.29) is 0 Å². The van der Waals surface area contributed by atoms with Gasteiger partial charge in [0.25, 0.3) is 0 Å². The maximum absolute atomic E-state index is 6.25. The molecule has 0 aromatic heterocycles. The van der Waals surface area contributed by atoms with Crippen molar-refractivity contribution < 1.29 is 9.47 Å². The molecule has 100 valence electrons. The van der Waals surface area contributed by atoms with Crippen molar-refractivity contribution in [3.05, 3.63) is 40.9 Å². The topological polar surface area (TPSA) is 44.5 Å². The zero-order chi connectivity index (χ0) is 14.0. The molecule has 0 amide bonds. The standard InChI is InChI=1S/C15H16ClNO2/c1-9-4-5-10(8-12(9)17)11-6-7-13(18-2)14(16)15(11)19-3/h4-8H,17H2,1-3H3. The molecule has 0 atom stereocenters. The summed E-state index contributed by atoms with van der Waals surface area (Å²) in [5.41, 5.74) is 9.58. The molecular formula is C15H16ClNO2. The quantitative estimate of drug-likeness (QED) is 0.865. The minimum absolute atomic E-state index is 0.460. The summed E-state index contributed by atoms with van der Waals surface area (Å²) in [4.78, 5) is 0. The largest absolute Gasteiger partial charge is 0.495 e. The molecule has 2 aromatic rings. The maximum atomic E-state index is 6.25. The van der Waals surface area contributed by atoms with Crippen LogP contribution < -0.4 is 15.2 Å². The molecule has 0 aliphatic rings. The van der Waals surface area contributed by atoms with Gasteiger partial charge in [-0.15, -0.1) is 0 Å². The first-order valence-corrected chi connectivity index (χ1v) is 6.23. The van der Waals surface area contributed by atoms with Gasteiger partial charge in [0.05, 0.1) is 14.2 Å². The third-order valence-electron chi connectivity index (χ3n) is 3.08. The SMILES string of the molecule is COc1ccc(-c2ccc(C)c(N)c2)c(OC)c1Cl. The smallest absolute Gasteiger partial charge is 0.149 e. The Labute approximate surface area is 117 Å². The van der Waals surface area contributed by atoms with Crippen molar-refractivity contribution in [3.63, 3.8) is 0 Å². The Morgan fingerprint density at radius 1 is 1.05 bits per heavy atom. The van der Waals surface area contributed by atoms with Crippen LogP contribution in [0.2, 0.25) is 5.02 Å². The number of methoxy groups -OCH3 is 2. The lowest BCUT2D eigenvalue weighted by Gasteiger charge is -2.14. The van der Waals surface area contributed by atoms with Gasteiger partial charge in [0, 0.05) is 11.3 Å². The Bertz CT molecular complexity index is 611. The van der Waals surface area contributed by atoms with Crippen LogP contribution in [-0.2, 0) is 0 Å². The summed E-state index contributed by atoms with van der Waals surface area (Å²) in [7, 11) is 3.16. The molecule has 0 unspecified atom stereocenters. The van der Waals surface area contributed by atoms with E-state index in [2.05, 4.69) is 0 Å². The highest BCUT2D eigenvalue weighted by Gasteiger charge is 2.14. The van der Waals surface area contributed by atoms with Crippen LogP contribution >= 0.6 is 11.6 Å². The fourth-order valence-electron chi connectivity index (χ4n) is 1.93.